The third kappa shape index (κ3) is 2.80. The summed E-state index contributed by atoms with van der Waals surface area (Å²) in [7, 11) is 0. The molecule has 2 aromatic heterocycles. The quantitative estimate of drug-likeness (QED) is 0.729. The lowest BCUT2D eigenvalue weighted by molar-refractivity contribution is -0.133. The van der Waals surface area contributed by atoms with E-state index in [0.717, 1.165) is 22.0 Å². The van der Waals surface area contributed by atoms with Crippen LogP contribution in [0.2, 0.25) is 0 Å². The van der Waals surface area contributed by atoms with E-state index in [0.29, 0.717) is 19.0 Å². The standard InChI is InChI=1S/C19H17N3O2/c1-13-4-5-17-15(7-13)8-16-11-22(10-14-3-2-6-20-9-14)18(23)12-24-19(16)21-17/h2-9H,10-12H2,1H3. The Morgan fingerprint density at radius 1 is 1.25 bits per heavy atom. The minimum atomic E-state index is -0.0444. The fraction of sp³-hybridized carbons (Fsp3) is 0.211. The number of aryl methyl sites for hydroxylation is 1. The van der Waals surface area contributed by atoms with Crippen LogP contribution in [-0.2, 0) is 17.9 Å². The van der Waals surface area contributed by atoms with Crippen LogP contribution in [0.5, 0.6) is 5.88 Å². The Balaban J connectivity index is 1.70. The molecule has 5 nitrogen and oxygen atoms in total. The van der Waals surface area contributed by atoms with Crippen LogP contribution >= 0.6 is 0 Å². The molecule has 0 aliphatic carbocycles. The molecular weight excluding hydrogens is 302 g/mol. The van der Waals surface area contributed by atoms with Gasteiger partial charge in [0.05, 0.1) is 12.1 Å². The summed E-state index contributed by atoms with van der Waals surface area (Å²) in [6, 6.07) is 12.0. The zero-order valence-electron chi connectivity index (χ0n) is 13.4. The van der Waals surface area contributed by atoms with E-state index in [1.807, 2.05) is 24.3 Å². The van der Waals surface area contributed by atoms with Crippen molar-refractivity contribution in [3.63, 3.8) is 0 Å². The largest absolute Gasteiger partial charge is 0.467 e. The van der Waals surface area contributed by atoms with Crippen LogP contribution in [0, 0.1) is 6.92 Å². The molecule has 0 unspecified atom stereocenters. The molecule has 0 spiro atoms. The van der Waals surface area contributed by atoms with Crippen molar-refractivity contribution < 1.29 is 9.53 Å². The van der Waals surface area contributed by atoms with E-state index in [9.17, 15) is 4.79 Å². The Bertz CT molecular complexity index is 909. The van der Waals surface area contributed by atoms with Crippen LogP contribution in [0.4, 0.5) is 0 Å². The van der Waals surface area contributed by atoms with Gasteiger partial charge in [0.1, 0.15) is 0 Å². The molecule has 0 saturated heterocycles. The number of pyridine rings is 2. The van der Waals surface area contributed by atoms with Gasteiger partial charge < -0.3 is 9.64 Å². The van der Waals surface area contributed by atoms with Gasteiger partial charge >= 0.3 is 0 Å². The fourth-order valence-corrected chi connectivity index (χ4v) is 2.93. The highest BCUT2D eigenvalue weighted by Gasteiger charge is 2.23. The highest BCUT2D eigenvalue weighted by molar-refractivity contribution is 5.82. The molecular formula is C19H17N3O2. The maximum atomic E-state index is 12.4. The summed E-state index contributed by atoms with van der Waals surface area (Å²) in [4.78, 5) is 22.9. The van der Waals surface area contributed by atoms with Gasteiger partial charge in [0.25, 0.3) is 5.91 Å². The van der Waals surface area contributed by atoms with Gasteiger partial charge in [-0.25, -0.2) is 4.98 Å². The van der Waals surface area contributed by atoms with Gasteiger partial charge in [0.15, 0.2) is 6.61 Å². The summed E-state index contributed by atoms with van der Waals surface area (Å²) in [5.41, 5.74) is 4.00. The van der Waals surface area contributed by atoms with Gasteiger partial charge in [-0.15, -0.1) is 0 Å². The van der Waals surface area contributed by atoms with Crippen molar-refractivity contribution in [1.82, 2.24) is 14.9 Å². The Morgan fingerprint density at radius 3 is 3.00 bits per heavy atom. The minimum Gasteiger partial charge on any atom is -0.467 e. The molecule has 1 aromatic carbocycles. The number of ether oxygens (including phenoxy) is 1. The summed E-state index contributed by atoms with van der Waals surface area (Å²) in [6.45, 7) is 3.07. The minimum absolute atomic E-state index is 0.0115. The molecule has 0 saturated carbocycles. The summed E-state index contributed by atoms with van der Waals surface area (Å²) < 4.78 is 5.65. The number of hydrogen-bond acceptors (Lipinski definition) is 4. The molecule has 1 aliphatic rings. The Hall–Kier alpha value is -2.95. The maximum Gasteiger partial charge on any atom is 0.261 e. The Morgan fingerprint density at radius 2 is 2.17 bits per heavy atom. The van der Waals surface area contributed by atoms with E-state index < -0.39 is 0 Å². The van der Waals surface area contributed by atoms with Gasteiger partial charge in [-0.3, -0.25) is 9.78 Å². The molecule has 120 valence electrons. The van der Waals surface area contributed by atoms with Gasteiger partial charge in [-0.2, -0.15) is 0 Å². The summed E-state index contributed by atoms with van der Waals surface area (Å²) in [6.07, 6.45) is 3.51. The highest BCUT2D eigenvalue weighted by Crippen LogP contribution is 2.27. The second kappa shape index (κ2) is 5.92. The first-order chi connectivity index (χ1) is 11.7. The highest BCUT2D eigenvalue weighted by atomic mass is 16.5. The number of rotatable bonds is 2. The maximum absolute atomic E-state index is 12.4. The molecule has 0 radical (unpaired) electrons. The third-order valence-electron chi connectivity index (χ3n) is 4.15. The monoisotopic (exact) mass is 319 g/mol. The summed E-state index contributed by atoms with van der Waals surface area (Å²) >= 11 is 0. The molecule has 1 aliphatic heterocycles. The van der Waals surface area contributed by atoms with E-state index in [1.54, 1.807) is 17.3 Å². The molecule has 0 N–H and O–H groups in total. The zero-order chi connectivity index (χ0) is 16.5. The van der Waals surface area contributed by atoms with Crippen LogP contribution in [0.15, 0.2) is 48.8 Å². The topological polar surface area (TPSA) is 55.3 Å². The summed E-state index contributed by atoms with van der Waals surface area (Å²) in [5.74, 6) is 0.505. The second-order valence-corrected chi connectivity index (χ2v) is 6.05. The third-order valence-corrected chi connectivity index (χ3v) is 4.15. The van der Waals surface area contributed by atoms with Gasteiger partial charge in [0.2, 0.25) is 5.88 Å². The number of amides is 1. The molecule has 0 bridgehead atoms. The summed E-state index contributed by atoms with van der Waals surface area (Å²) in [5, 5.41) is 1.06. The first kappa shape index (κ1) is 14.6. The van der Waals surface area contributed by atoms with Crippen LogP contribution in [0.3, 0.4) is 0 Å². The molecule has 4 rings (SSSR count). The van der Waals surface area contributed by atoms with Crippen molar-refractivity contribution in [3.8, 4) is 5.88 Å². The van der Waals surface area contributed by atoms with Crippen molar-refractivity contribution in [2.75, 3.05) is 6.61 Å². The zero-order valence-corrected chi connectivity index (χ0v) is 13.4. The van der Waals surface area contributed by atoms with Crippen molar-refractivity contribution in [2.24, 2.45) is 0 Å². The van der Waals surface area contributed by atoms with Crippen molar-refractivity contribution in [2.45, 2.75) is 20.0 Å². The number of nitrogens with zero attached hydrogens (tertiary/aromatic N) is 3. The number of aromatic nitrogens is 2. The average Bonchev–Trinajstić information content (AvgIpc) is 2.73. The van der Waals surface area contributed by atoms with Gasteiger partial charge in [-0.1, -0.05) is 17.7 Å². The lowest BCUT2D eigenvalue weighted by Crippen LogP contribution is -2.31. The first-order valence-corrected chi connectivity index (χ1v) is 7.89. The van der Waals surface area contributed by atoms with Crippen LogP contribution in [-0.4, -0.2) is 27.4 Å². The van der Waals surface area contributed by atoms with E-state index in [-0.39, 0.29) is 12.5 Å². The van der Waals surface area contributed by atoms with E-state index in [2.05, 4.69) is 29.0 Å². The van der Waals surface area contributed by atoms with E-state index >= 15 is 0 Å². The Kier molecular flexibility index (Phi) is 3.61. The van der Waals surface area contributed by atoms with Crippen molar-refractivity contribution in [1.29, 1.82) is 0 Å². The number of carbonyl (C=O) groups excluding carboxylic acids is 1. The molecule has 3 heterocycles. The van der Waals surface area contributed by atoms with Gasteiger partial charge in [-0.05, 0) is 36.8 Å². The van der Waals surface area contributed by atoms with Crippen molar-refractivity contribution >= 4 is 16.8 Å². The van der Waals surface area contributed by atoms with Crippen molar-refractivity contribution in [3.05, 3.63) is 65.5 Å². The fourth-order valence-electron chi connectivity index (χ4n) is 2.93. The lowest BCUT2D eigenvalue weighted by Gasteiger charge is -2.19. The second-order valence-electron chi connectivity index (χ2n) is 6.05. The normalized spacial score (nSPS) is 14.2. The average molecular weight is 319 g/mol. The SMILES string of the molecule is Cc1ccc2nc3c(cc2c1)CN(Cc1cccnc1)C(=O)CO3. The lowest BCUT2D eigenvalue weighted by atomic mass is 10.1. The first-order valence-electron chi connectivity index (χ1n) is 7.89. The van der Waals surface area contributed by atoms with Crippen LogP contribution in [0.25, 0.3) is 10.9 Å². The number of hydrogen-bond donors (Lipinski definition) is 0. The molecule has 5 heteroatoms. The molecule has 0 atom stereocenters. The number of benzene rings is 1. The van der Waals surface area contributed by atoms with Crippen LogP contribution < -0.4 is 4.74 Å². The van der Waals surface area contributed by atoms with E-state index in [4.69, 9.17) is 4.74 Å². The smallest absolute Gasteiger partial charge is 0.261 e. The number of carbonyl (C=O) groups is 1. The molecule has 24 heavy (non-hydrogen) atoms. The molecule has 0 fully saturated rings. The molecule has 3 aromatic rings. The molecule has 1 amide bonds. The van der Waals surface area contributed by atoms with E-state index in [1.165, 1.54) is 5.56 Å². The predicted molar refractivity (Wildman–Crippen MR) is 90.5 cm³/mol. The Labute approximate surface area is 139 Å². The predicted octanol–water partition coefficient (Wildman–Crippen LogP) is 2.86. The van der Waals surface area contributed by atoms with Crippen LogP contribution in [0.1, 0.15) is 16.7 Å². The number of fused-ring (bicyclic) bond motifs is 2. The van der Waals surface area contributed by atoms with Gasteiger partial charge in [0, 0.05) is 29.9 Å².